The van der Waals surface area contributed by atoms with E-state index < -0.39 is 33.7 Å². The van der Waals surface area contributed by atoms with E-state index in [1.54, 1.807) is 45.0 Å². The number of rotatable bonds is 4. The van der Waals surface area contributed by atoms with Gasteiger partial charge in [-0.3, -0.25) is 4.79 Å². The van der Waals surface area contributed by atoms with Gasteiger partial charge in [0.2, 0.25) is 10.0 Å². The fourth-order valence-electron chi connectivity index (χ4n) is 2.77. The van der Waals surface area contributed by atoms with E-state index in [1.165, 1.54) is 4.90 Å². The van der Waals surface area contributed by atoms with Gasteiger partial charge in [0, 0.05) is 13.1 Å². The van der Waals surface area contributed by atoms with Crippen LogP contribution < -0.4 is 0 Å². The van der Waals surface area contributed by atoms with Crippen molar-refractivity contribution in [3.05, 3.63) is 35.4 Å². The van der Waals surface area contributed by atoms with E-state index in [2.05, 4.69) is 0 Å². The zero-order chi connectivity index (χ0) is 20.4. The highest BCUT2D eigenvalue weighted by atomic mass is 32.2. The molecule has 0 aromatic heterocycles. The van der Waals surface area contributed by atoms with Crippen molar-refractivity contribution < 1.29 is 27.9 Å². The van der Waals surface area contributed by atoms with E-state index in [1.807, 2.05) is 6.92 Å². The number of amides is 1. The minimum Gasteiger partial charge on any atom is -0.480 e. The topological polar surface area (TPSA) is 104 Å². The predicted molar refractivity (Wildman–Crippen MR) is 99.7 cm³/mol. The molecule has 0 radical (unpaired) electrons. The van der Waals surface area contributed by atoms with Crippen molar-refractivity contribution in [1.29, 1.82) is 0 Å². The second kappa shape index (κ2) is 7.85. The van der Waals surface area contributed by atoms with E-state index in [0.717, 1.165) is 9.87 Å². The monoisotopic (exact) mass is 398 g/mol. The Balaban J connectivity index is 2.16. The molecule has 1 aliphatic heterocycles. The Hall–Kier alpha value is -2.13. The summed E-state index contributed by atoms with van der Waals surface area (Å²) in [5.41, 5.74) is 0.870. The van der Waals surface area contributed by atoms with Crippen molar-refractivity contribution in [2.45, 2.75) is 45.1 Å². The lowest BCUT2D eigenvalue weighted by molar-refractivity contribution is -0.143. The fourth-order valence-corrected chi connectivity index (χ4v) is 4.45. The standard InChI is InChI=1S/C18H26N2O6S/c1-13-5-7-14(8-6-13)12-27(24,25)20-10-9-19(11-15(20)16(21)22)17(23)26-18(2,3)4/h5-8,15H,9-12H2,1-4H3,(H,21,22)/t15-/m1/s1. The van der Waals surface area contributed by atoms with Gasteiger partial charge in [0.15, 0.2) is 0 Å². The van der Waals surface area contributed by atoms with Crippen LogP contribution in [-0.4, -0.2) is 66.1 Å². The molecule has 27 heavy (non-hydrogen) atoms. The summed E-state index contributed by atoms with van der Waals surface area (Å²) >= 11 is 0. The molecule has 150 valence electrons. The number of carbonyl (C=O) groups excluding carboxylic acids is 1. The minimum atomic E-state index is -3.85. The smallest absolute Gasteiger partial charge is 0.410 e. The Labute approximate surface area is 159 Å². The molecule has 9 heteroatoms. The molecule has 0 saturated carbocycles. The average Bonchev–Trinajstić information content (AvgIpc) is 2.54. The number of carboxylic acid groups (broad SMARTS) is 1. The van der Waals surface area contributed by atoms with Gasteiger partial charge in [0.25, 0.3) is 0 Å². The van der Waals surface area contributed by atoms with Crippen molar-refractivity contribution in [3.63, 3.8) is 0 Å². The number of piperazine rings is 1. The van der Waals surface area contributed by atoms with Crippen molar-refractivity contribution in [2.24, 2.45) is 0 Å². The lowest BCUT2D eigenvalue weighted by Crippen LogP contribution is -2.59. The number of nitrogens with zero attached hydrogens (tertiary/aromatic N) is 2. The number of carboxylic acids is 1. The van der Waals surface area contributed by atoms with Crippen LogP contribution in [0, 0.1) is 6.92 Å². The Morgan fingerprint density at radius 2 is 1.78 bits per heavy atom. The first kappa shape index (κ1) is 21.2. The molecule has 1 aromatic rings. The first-order chi connectivity index (χ1) is 12.4. The summed E-state index contributed by atoms with van der Waals surface area (Å²) in [6.45, 7) is 6.76. The van der Waals surface area contributed by atoms with Crippen LogP contribution in [0.3, 0.4) is 0 Å². The van der Waals surface area contributed by atoms with E-state index in [-0.39, 0.29) is 25.4 Å². The van der Waals surface area contributed by atoms with Gasteiger partial charge in [0.1, 0.15) is 11.6 Å². The van der Waals surface area contributed by atoms with Crippen LogP contribution >= 0.6 is 0 Å². The highest BCUT2D eigenvalue weighted by Crippen LogP contribution is 2.21. The van der Waals surface area contributed by atoms with Crippen LogP contribution in [-0.2, 0) is 25.3 Å². The van der Waals surface area contributed by atoms with Crippen molar-refractivity contribution in [1.82, 2.24) is 9.21 Å². The minimum absolute atomic E-state index is 0.0752. The molecule has 8 nitrogen and oxygen atoms in total. The number of sulfonamides is 1. The summed E-state index contributed by atoms with van der Waals surface area (Å²) < 4.78 is 31.8. The molecular formula is C18H26N2O6S. The second-order valence-electron chi connectivity index (χ2n) is 7.63. The van der Waals surface area contributed by atoms with E-state index in [4.69, 9.17) is 4.74 Å². The summed E-state index contributed by atoms with van der Waals surface area (Å²) in [7, 11) is -3.85. The van der Waals surface area contributed by atoms with Crippen molar-refractivity contribution in [2.75, 3.05) is 19.6 Å². The van der Waals surface area contributed by atoms with Gasteiger partial charge in [-0.1, -0.05) is 29.8 Å². The number of aliphatic carboxylic acids is 1. The Bertz CT molecular complexity index is 798. The maximum atomic E-state index is 12.8. The molecule has 1 N–H and O–H groups in total. The molecule has 1 aromatic carbocycles. The quantitative estimate of drug-likeness (QED) is 0.830. The Morgan fingerprint density at radius 3 is 2.30 bits per heavy atom. The highest BCUT2D eigenvalue weighted by molar-refractivity contribution is 7.88. The van der Waals surface area contributed by atoms with Crippen molar-refractivity contribution in [3.8, 4) is 0 Å². The van der Waals surface area contributed by atoms with Crippen LogP contribution in [0.2, 0.25) is 0 Å². The summed E-state index contributed by atoms with van der Waals surface area (Å²) in [4.78, 5) is 25.1. The summed E-state index contributed by atoms with van der Waals surface area (Å²) in [5.74, 6) is -1.58. The molecule has 0 aliphatic carbocycles. The van der Waals surface area contributed by atoms with E-state index in [9.17, 15) is 23.1 Å². The van der Waals surface area contributed by atoms with E-state index >= 15 is 0 Å². The molecule has 0 spiro atoms. The molecule has 1 fully saturated rings. The Morgan fingerprint density at radius 1 is 1.19 bits per heavy atom. The fraction of sp³-hybridized carbons (Fsp3) is 0.556. The molecule has 1 aliphatic rings. The van der Waals surface area contributed by atoms with Gasteiger partial charge in [-0.15, -0.1) is 0 Å². The SMILES string of the molecule is Cc1ccc(CS(=O)(=O)N2CCN(C(=O)OC(C)(C)C)C[C@@H]2C(=O)O)cc1. The van der Waals surface area contributed by atoms with Gasteiger partial charge in [0.05, 0.1) is 12.3 Å². The second-order valence-corrected chi connectivity index (χ2v) is 9.55. The summed E-state index contributed by atoms with van der Waals surface area (Å²) in [6.07, 6.45) is -0.649. The molecular weight excluding hydrogens is 372 g/mol. The van der Waals surface area contributed by atoms with Crippen LogP contribution in [0.5, 0.6) is 0 Å². The van der Waals surface area contributed by atoms with Crippen LogP contribution in [0.25, 0.3) is 0 Å². The van der Waals surface area contributed by atoms with Crippen LogP contribution in [0.1, 0.15) is 31.9 Å². The van der Waals surface area contributed by atoms with E-state index in [0.29, 0.717) is 5.56 Å². The number of ether oxygens (including phenoxy) is 1. The third-order valence-corrected chi connectivity index (χ3v) is 5.94. The van der Waals surface area contributed by atoms with Gasteiger partial charge in [-0.2, -0.15) is 4.31 Å². The highest BCUT2D eigenvalue weighted by Gasteiger charge is 2.41. The van der Waals surface area contributed by atoms with Crippen LogP contribution in [0.15, 0.2) is 24.3 Å². The largest absolute Gasteiger partial charge is 0.480 e. The first-order valence-electron chi connectivity index (χ1n) is 8.65. The lowest BCUT2D eigenvalue weighted by atomic mass is 10.2. The molecule has 1 amide bonds. The zero-order valence-corrected chi connectivity index (χ0v) is 16.8. The van der Waals surface area contributed by atoms with Crippen molar-refractivity contribution >= 4 is 22.1 Å². The van der Waals surface area contributed by atoms with Gasteiger partial charge < -0.3 is 14.7 Å². The molecule has 0 unspecified atom stereocenters. The maximum absolute atomic E-state index is 12.8. The normalized spacial score (nSPS) is 19.0. The predicted octanol–water partition coefficient (Wildman–Crippen LogP) is 1.83. The third kappa shape index (κ3) is 5.67. The molecule has 2 rings (SSSR count). The van der Waals surface area contributed by atoms with Gasteiger partial charge in [-0.25, -0.2) is 13.2 Å². The number of hydrogen-bond donors (Lipinski definition) is 1. The third-order valence-electron chi connectivity index (χ3n) is 4.09. The molecule has 1 saturated heterocycles. The van der Waals surface area contributed by atoms with Crippen LogP contribution in [0.4, 0.5) is 4.79 Å². The average molecular weight is 398 g/mol. The van der Waals surface area contributed by atoms with Gasteiger partial charge in [-0.05, 0) is 33.3 Å². The number of aryl methyl sites for hydroxylation is 1. The first-order valence-corrected chi connectivity index (χ1v) is 10.3. The number of benzene rings is 1. The molecule has 0 bridgehead atoms. The van der Waals surface area contributed by atoms with Gasteiger partial charge >= 0.3 is 12.1 Å². The maximum Gasteiger partial charge on any atom is 0.410 e. The Kier molecular flexibility index (Phi) is 6.16. The number of carbonyl (C=O) groups is 2. The zero-order valence-electron chi connectivity index (χ0n) is 16.0. The summed E-state index contributed by atoms with van der Waals surface area (Å²) in [5, 5.41) is 9.52. The lowest BCUT2D eigenvalue weighted by Gasteiger charge is -2.38. The summed E-state index contributed by atoms with van der Waals surface area (Å²) in [6, 6.07) is 5.68. The molecule has 1 atom stereocenters. The number of hydrogen-bond acceptors (Lipinski definition) is 5. The molecule has 1 heterocycles.